The summed E-state index contributed by atoms with van der Waals surface area (Å²) in [4.78, 5) is 25.7. The number of nitrogens with one attached hydrogen (secondary N) is 1. The maximum Gasteiger partial charge on any atom is 0.328 e. The van der Waals surface area contributed by atoms with Crippen LogP contribution in [0.4, 0.5) is 4.79 Å². The van der Waals surface area contributed by atoms with Gasteiger partial charge in [0.15, 0.2) is 0 Å². The van der Waals surface area contributed by atoms with Crippen molar-refractivity contribution in [3.05, 3.63) is 0 Å². The van der Waals surface area contributed by atoms with Crippen molar-refractivity contribution in [2.75, 3.05) is 20.2 Å². The molecule has 0 saturated carbocycles. The fraction of sp³-hybridized carbons (Fsp3) is 0.857. The molecule has 1 aliphatic rings. The molecule has 0 aliphatic carbocycles. The Morgan fingerprint density at radius 3 is 2.21 bits per heavy atom. The van der Waals surface area contributed by atoms with Crippen molar-refractivity contribution < 1.29 is 14.3 Å². The first-order valence-corrected chi connectivity index (χ1v) is 7.18. The lowest BCUT2D eigenvalue weighted by atomic mass is 10.0. The third kappa shape index (κ3) is 5.49. The molecule has 1 unspecified atom stereocenters. The van der Waals surface area contributed by atoms with Crippen molar-refractivity contribution in [2.45, 2.75) is 52.0 Å². The largest absolute Gasteiger partial charge is 0.467 e. The SMILES string of the molecule is COC(=O)C(CC(C)C)NC(=O)N1CCCCCC1. The van der Waals surface area contributed by atoms with Crippen LogP contribution in [0.3, 0.4) is 0 Å². The summed E-state index contributed by atoms with van der Waals surface area (Å²) in [5.41, 5.74) is 0. The summed E-state index contributed by atoms with van der Waals surface area (Å²) < 4.78 is 4.75. The topological polar surface area (TPSA) is 58.6 Å². The lowest BCUT2D eigenvalue weighted by Crippen LogP contribution is -2.49. The van der Waals surface area contributed by atoms with Gasteiger partial charge in [0.1, 0.15) is 6.04 Å². The number of nitrogens with zero attached hydrogens (tertiary/aromatic N) is 1. The van der Waals surface area contributed by atoms with Gasteiger partial charge in [0.2, 0.25) is 0 Å². The van der Waals surface area contributed by atoms with Gasteiger partial charge >= 0.3 is 12.0 Å². The van der Waals surface area contributed by atoms with Gasteiger partial charge in [0.05, 0.1) is 7.11 Å². The molecular weight excluding hydrogens is 244 g/mol. The Labute approximate surface area is 115 Å². The van der Waals surface area contributed by atoms with Crippen LogP contribution < -0.4 is 5.32 Å². The number of carbonyl (C=O) groups is 2. The zero-order chi connectivity index (χ0) is 14.3. The second-order valence-corrected chi connectivity index (χ2v) is 5.56. The predicted octanol–water partition coefficient (Wildman–Crippen LogP) is 2.16. The number of esters is 1. The minimum absolute atomic E-state index is 0.141. The Kier molecular flexibility index (Phi) is 6.67. The molecule has 5 heteroatoms. The van der Waals surface area contributed by atoms with E-state index >= 15 is 0 Å². The van der Waals surface area contributed by atoms with Crippen LogP contribution in [-0.2, 0) is 9.53 Å². The Balaban J connectivity index is 2.56. The highest BCUT2D eigenvalue weighted by atomic mass is 16.5. The van der Waals surface area contributed by atoms with Gasteiger partial charge in [0.25, 0.3) is 0 Å². The lowest BCUT2D eigenvalue weighted by molar-refractivity contribution is -0.143. The van der Waals surface area contributed by atoms with Crippen molar-refractivity contribution in [3.63, 3.8) is 0 Å². The van der Waals surface area contributed by atoms with Gasteiger partial charge in [-0.2, -0.15) is 0 Å². The van der Waals surface area contributed by atoms with E-state index in [1.807, 2.05) is 18.7 Å². The van der Waals surface area contributed by atoms with Crippen LogP contribution in [0, 0.1) is 5.92 Å². The molecule has 2 amide bonds. The van der Waals surface area contributed by atoms with E-state index in [0.29, 0.717) is 12.3 Å². The highest BCUT2D eigenvalue weighted by Crippen LogP contribution is 2.11. The summed E-state index contributed by atoms with van der Waals surface area (Å²) in [6.07, 6.45) is 5.04. The number of likely N-dealkylation sites (tertiary alicyclic amines) is 1. The smallest absolute Gasteiger partial charge is 0.328 e. The molecule has 0 spiro atoms. The van der Waals surface area contributed by atoms with E-state index in [9.17, 15) is 9.59 Å². The zero-order valence-corrected chi connectivity index (χ0v) is 12.3. The molecule has 0 aromatic carbocycles. The first-order chi connectivity index (χ1) is 9.04. The number of ether oxygens (including phenoxy) is 1. The molecule has 1 heterocycles. The standard InChI is InChI=1S/C14H26N2O3/c1-11(2)10-12(13(17)19-3)15-14(18)16-8-6-4-5-7-9-16/h11-12H,4-10H2,1-3H3,(H,15,18). The molecule has 0 aromatic rings. The molecule has 1 aliphatic heterocycles. The first-order valence-electron chi connectivity index (χ1n) is 7.18. The molecule has 1 saturated heterocycles. The van der Waals surface area contributed by atoms with Gasteiger partial charge in [-0.25, -0.2) is 9.59 Å². The zero-order valence-electron chi connectivity index (χ0n) is 12.3. The fourth-order valence-corrected chi connectivity index (χ4v) is 2.34. The highest BCUT2D eigenvalue weighted by Gasteiger charge is 2.25. The quantitative estimate of drug-likeness (QED) is 0.796. The minimum Gasteiger partial charge on any atom is -0.467 e. The van der Waals surface area contributed by atoms with Crippen molar-refractivity contribution in [3.8, 4) is 0 Å². The molecule has 5 nitrogen and oxygen atoms in total. The second-order valence-electron chi connectivity index (χ2n) is 5.56. The average molecular weight is 270 g/mol. The normalized spacial score (nSPS) is 17.8. The summed E-state index contributed by atoms with van der Waals surface area (Å²) in [6.45, 7) is 5.60. The van der Waals surface area contributed by atoms with E-state index in [1.54, 1.807) is 0 Å². The molecule has 1 N–H and O–H groups in total. The van der Waals surface area contributed by atoms with Crippen LogP contribution in [0.25, 0.3) is 0 Å². The number of rotatable bonds is 4. The molecule has 110 valence electrons. The fourth-order valence-electron chi connectivity index (χ4n) is 2.34. The number of hydrogen-bond donors (Lipinski definition) is 1. The van der Waals surface area contributed by atoms with Crippen molar-refractivity contribution >= 4 is 12.0 Å². The summed E-state index contributed by atoms with van der Waals surface area (Å²) >= 11 is 0. The van der Waals surface area contributed by atoms with Gasteiger partial charge < -0.3 is 15.0 Å². The Morgan fingerprint density at radius 1 is 1.16 bits per heavy atom. The molecular formula is C14H26N2O3. The third-order valence-electron chi connectivity index (χ3n) is 3.38. The summed E-state index contributed by atoms with van der Waals surface area (Å²) in [5, 5.41) is 2.81. The average Bonchev–Trinajstić information content (AvgIpc) is 2.65. The van der Waals surface area contributed by atoms with Crippen LogP contribution >= 0.6 is 0 Å². The van der Waals surface area contributed by atoms with E-state index < -0.39 is 6.04 Å². The summed E-state index contributed by atoms with van der Waals surface area (Å²) in [5.74, 6) is -0.0367. The molecule has 0 aromatic heterocycles. The minimum atomic E-state index is -0.541. The highest BCUT2D eigenvalue weighted by molar-refractivity contribution is 5.83. The number of amides is 2. The number of hydrogen-bond acceptors (Lipinski definition) is 3. The van der Waals surface area contributed by atoms with Gasteiger partial charge in [-0.05, 0) is 25.2 Å². The van der Waals surface area contributed by atoms with E-state index in [4.69, 9.17) is 4.74 Å². The number of urea groups is 1. The second kappa shape index (κ2) is 8.02. The molecule has 0 radical (unpaired) electrons. The Bertz CT molecular complexity index is 297. The van der Waals surface area contributed by atoms with Crippen molar-refractivity contribution in [2.24, 2.45) is 5.92 Å². The van der Waals surface area contributed by atoms with Gasteiger partial charge in [0, 0.05) is 13.1 Å². The van der Waals surface area contributed by atoms with Crippen LogP contribution in [0.1, 0.15) is 46.0 Å². The molecule has 1 atom stereocenters. The maximum atomic E-state index is 12.2. The molecule has 19 heavy (non-hydrogen) atoms. The van der Waals surface area contributed by atoms with E-state index in [1.165, 1.54) is 20.0 Å². The maximum absolute atomic E-state index is 12.2. The van der Waals surface area contributed by atoms with Crippen molar-refractivity contribution in [1.82, 2.24) is 10.2 Å². The molecule has 1 rings (SSSR count). The molecule has 1 fully saturated rings. The molecule has 0 bridgehead atoms. The van der Waals surface area contributed by atoms with Crippen LogP contribution in [0.5, 0.6) is 0 Å². The summed E-state index contributed by atoms with van der Waals surface area (Å²) in [7, 11) is 1.35. The summed E-state index contributed by atoms with van der Waals surface area (Å²) in [6, 6.07) is -0.682. The predicted molar refractivity (Wildman–Crippen MR) is 73.8 cm³/mol. The number of methoxy groups -OCH3 is 1. The van der Waals surface area contributed by atoms with Crippen LogP contribution in [0.2, 0.25) is 0 Å². The first kappa shape index (κ1) is 15.8. The van der Waals surface area contributed by atoms with E-state index in [-0.39, 0.29) is 12.0 Å². The van der Waals surface area contributed by atoms with Gasteiger partial charge in [-0.3, -0.25) is 0 Å². The number of carbonyl (C=O) groups excluding carboxylic acids is 2. The third-order valence-corrected chi connectivity index (χ3v) is 3.38. The Morgan fingerprint density at radius 2 is 1.74 bits per heavy atom. The monoisotopic (exact) mass is 270 g/mol. The van der Waals surface area contributed by atoms with Crippen molar-refractivity contribution in [1.29, 1.82) is 0 Å². The van der Waals surface area contributed by atoms with Gasteiger partial charge in [-0.15, -0.1) is 0 Å². The van der Waals surface area contributed by atoms with E-state index in [2.05, 4.69) is 5.32 Å². The van der Waals surface area contributed by atoms with Crippen LogP contribution in [0.15, 0.2) is 0 Å². The Hall–Kier alpha value is -1.26. The van der Waals surface area contributed by atoms with Crippen LogP contribution in [-0.4, -0.2) is 43.1 Å². The van der Waals surface area contributed by atoms with Gasteiger partial charge in [-0.1, -0.05) is 26.7 Å². The lowest BCUT2D eigenvalue weighted by Gasteiger charge is -2.25. The van der Waals surface area contributed by atoms with E-state index in [0.717, 1.165) is 25.9 Å².